The lowest BCUT2D eigenvalue weighted by Crippen LogP contribution is -2.37. The van der Waals surface area contributed by atoms with Gasteiger partial charge in [0.2, 0.25) is 11.8 Å². The SMILES string of the molecule is Cn1nccc1NC(=O)CC1CC(F)(F)C1. The molecular formula is C10H13F2N3O. The highest BCUT2D eigenvalue weighted by Crippen LogP contribution is 2.44. The first kappa shape index (κ1) is 11.0. The first-order valence-electron chi connectivity index (χ1n) is 5.12. The number of nitrogens with zero attached hydrogens (tertiary/aromatic N) is 2. The molecule has 1 aromatic rings. The van der Waals surface area contributed by atoms with Gasteiger partial charge in [0.25, 0.3) is 0 Å². The van der Waals surface area contributed by atoms with Gasteiger partial charge in [-0.3, -0.25) is 9.48 Å². The molecule has 1 aliphatic rings. The van der Waals surface area contributed by atoms with Gasteiger partial charge in [0.05, 0.1) is 6.20 Å². The Kier molecular flexibility index (Phi) is 2.65. The summed E-state index contributed by atoms with van der Waals surface area (Å²) in [7, 11) is 1.70. The van der Waals surface area contributed by atoms with Crippen LogP contribution in [0.4, 0.5) is 14.6 Å². The van der Waals surface area contributed by atoms with Crippen molar-refractivity contribution in [3.05, 3.63) is 12.3 Å². The third-order valence-corrected chi connectivity index (χ3v) is 2.74. The second-order valence-electron chi connectivity index (χ2n) is 4.22. The summed E-state index contributed by atoms with van der Waals surface area (Å²) in [6.45, 7) is 0. The van der Waals surface area contributed by atoms with E-state index in [0.717, 1.165) is 0 Å². The van der Waals surface area contributed by atoms with Crippen molar-refractivity contribution in [1.82, 2.24) is 9.78 Å². The van der Waals surface area contributed by atoms with E-state index in [1.54, 1.807) is 19.3 Å². The molecule has 1 aromatic heterocycles. The number of hydrogen-bond donors (Lipinski definition) is 1. The Labute approximate surface area is 91.6 Å². The van der Waals surface area contributed by atoms with Crippen molar-refractivity contribution in [2.24, 2.45) is 13.0 Å². The van der Waals surface area contributed by atoms with Crippen LogP contribution in [0.25, 0.3) is 0 Å². The van der Waals surface area contributed by atoms with E-state index in [0.29, 0.717) is 5.82 Å². The molecule has 88 valence electrons. The molecule has 1 N–H and O–H groups in total. The summed E-state index contributed by atoms with van der Waals surface area (Å²) in [6.07, 6.45) is 1.37. The highest BCUT2D eigenvalue weighted by atomic mass is 19.3. The van der Waals surface area contributed by atoms with Crippen LogP contribution >= 0.6 is 0 Å². The predicted molar refractivity (Wildman–Crippen MR) is 54.1 cm³/mol. The minimum Gasteiger partial charge on any atom is -0.311 e. The molecule has 0 unspecified atom stereocenters. The molecular weight excluding hydrogens is 216 g/mol. The maximum Gasteiger partial charge on any atom is 0.248 e. The highest BCUT2D eigenvalue weighted by Gasteiger charge is 2.45. The van der Waals surface area contributed by atoms with E-state index in [-0.39, 0.29) is 31.1 Å². The van der Waals surface area contributed by atoms with Gasteiger partial charge in [0.15, 0.2) is 0 Å². The molecule has 0 spiro atoms. The van der Waals surface area contributed by atoms with E-state index in [9.17, 15) is 13.6 Å². The number of carbonyl (C=O) groups is 1. The first-order chi connectivity index (χ1) is 7.46. The zero-order valence-corrected chi connectivity index (χ0v) is 8.91. The van der Waals surface area contributed by atoms with Crippen molar-refractivity contribution in [2.75, 3.05) is 5.32 Å². The molecule has 2 rings (SSSR count). The molecule has 1 aliphatic carbocycles. The summed E-state index contributed by atoms with van der Waals surface area (Å²) < 4.78 is 26.6. The van der Waals surface area contributed by atoms with Crippen LogP contribution in [0, 0.1) is 5.92 Å². The third kappa shape index (κ3) is 2.37. The van der Waals surface area contributed by atoms with Crippen molar-refractivity contribution >= 4 is 11.7 Å². The lowest BCUT2D eigenvalue weighted by atomic mass is 9.79. The number of carbonyl (C=O) groups excluding carboxylic acids is 1. The largest absolute Gasteiger partial charge is 0.311 e. The van der Waals surface area contributed by atoms with Crippen molar-refractivity contribution < 1.29 is 13.6 Å². The molecule has 0 radical (unpaired) electrons. The number of aryl methyl sites for hydroxylation is 1. The van der Waals surface area contributed by atoms with Crippen LogP contribution in [0.5, 0.6) is 0 Å². The van der Waals surface area contributed by atoms with Crippen LogP contribution in [0.3, 0.4) is 0 Å². The Bertz CT molecular complexity index is 395. The van der Waals surface area contributed by atoms with E-state index >= 15 is 0 Å². The average molecular weight is 229 g/mol. The highest BCUT2D eigenvalue weighted by molar-refractivity contribution is 5.90. The number of rotatable bonds is 3. The second kappa shape index (κ2) is 3.84. The Hall–Kier alpha value is -1.46. The van der Waals surface area contributed by atoms with Gasteiger partial charge in [-0.2, -0.15) is 5.10 Å². The number of alkyl halides is 2. The maximum absolute atomic E-state index is 12.5. The fraction of sp³-hybridized carbons (Fsp3) is 0.600. The van der Waals surface area contributed by atoms with Gasteiger partial charge in [0.1, 0.15) is 5.82 Å². The van der Waals surface area contributed by atoms with Crippen molar-refractivity contribution in [3.8, 4) is 0 Å². The van der Waals surface area contributed by atoms with Crippen LogP contribution in [0.1, 0.15) is 19.3 Å². The molecule has 6 heteroatoms. The van der Waals surface area contributed by atoms with Crippen LogP contribution in [0.2, 0.25) is 0 Å². The molecule has 0 saturated heterocycles. The molecule has 0 bridgehead atoms. The van der Waals surface area contributed by atoms with Crippen LogP contribution in [-0.2, 0) is 11.8 Å². The number of nitrogens with one attached hydrogen (secondary N) is 1. The monoisotopic (exact) mass is 229 g/mol. The molecule has 1 amide bonds. The maximum atomic E-state index is 12.5. The topological polar surface area (TPSA) is 46.9 Å². The molecule has 0 aliphatic heterocycles. The number of aromatic nitrogens is 2. The summed E-state index contributed by atoms with van der Waals surface area (Å²) in [4.78, 5) is 11.5. The number of halogens is 2. The van der Waals surface area contributed by atoms with Crippen LogP contribution in [-0.4, -0.2) is 21.6 Å². The molecule has 1 heterocycles. The number of amides is 1. The molecule has 0 aromatic carbocycles. The average Bonchev–Trinajstić information content (AvgIpc) is 2.48. The quantitative estimate of drug-likeness (QED) is 0.859. The zero-order valence-electron chi connectivity index (χ0n) is 8.91. The van der Waals surface area contributed by atoms with Crippen LogP contribution < -0.4 is 5.32 Å². The van der Waals surface area contributed by atoms with Crippen molar-refractivity contribution in [2.45, 2.75) is 25.2 Å². The van der Waals surface area contributed by atoms with E-state index < -0.39 is 5.92 Å². The van der Waals surface area contributed by atoms with E-state index in [1.807, 2.05) is 0 Å². The standard InChI is InChI=1S/C10H13F2N3O/c1-15-8(2-3-13-15)14-9(16)4-7-5-10(11,12)6-7/h2-3,7H,4-6H2,1H3,(H,14,16). The molecule has 4 nitrogen and oxygen atoms in total. The lowest BCUT2D eigenvalue weighted by Gasteiger charge is -2.34. The summed E-state index contributed by atoms with van der Waals surface area (Å²) in [5.74, 6) is -2.40. The van der Waals surface area contributed by atoms with E-state index in [2.05, 4.69) is 10.4 Å². The van der Waals surface area contributed by atoms with Crippen LogP contribution in [0.15, 0.2) is 12.3 Å². The lowest BCUT2D eigenvalue weighted by molar-refractivity contribution is -0.129. The summed E-state index contributed by atoms with van der Waals surface area (Å²) in [5, 5.41) is 6.52. The van der Waals surface area contributed by atoms with Gasteiger partial charge < -0.3 is 5.32 Å². The Morgan fingerprint density at radius 2 is 2.38 bits per heavy atom. The zero-order chi connectivity index (χ0) is 11.8. The van der Waals surface area contributed by atoms with Gasteiger partial charge in [-0.15, -0.1) is 0 Å². The second-order valence-corrected chi connectivity index (χ2v) is 4.22. The summed E-state index contributed by atoms with van der Waals surface area (Å²) in [6, 6.07) is 1.66. The Morgan fingerprint density at radius 3 is 2.88 bits per heavy atom. The van der Waals surface area contributed by atoms with E-state index in [4.69, 9.17) is 0 Å². The van der Waals surface area contributed by atoms with Crippen molar-refractivity contribution in [3.63, 3.8) is 0 Å². The molecule has 1 saturated carbocycles. The van der Waals surface area contributed by atoms with Gasteiger partial charge >= 0.3 is 0 Å². The smallest absolute Gasteiger partial charge is 0.248 e. The summed E-state index contributed by atoms with van der Waals surface area (Å²) >= 11 is 0. The number of anilines is 1. The summed E-state index contributed by atoms with van der Waals surface area (Å²) in [5.41, 5.74) is 0. The Balaban J connectivity index is 1.80. The fourth-order valence-electron chi connectivity index (χ4n) is 1.88. The number of hydrogen-bond acceptors (Lipinski definition) is 2. The minimum atomic E-state index is -2.56. The van der Waals surface area contributed by atoms with Gasteiger partial charge in [-0.05, 0) is 5.92 Å². The molecule has 16 heavy (non-hydrogen) atoms. The minimum absolute atomic E-state index is 0.154. The van der Waals surface area contributed by atoms with Gasteiger partial charge in [-0.25, -0.2) is 8.78 Å². The van der Waals surface area contributed by atoms with E-state index in [1.165, 1.54) is 4.68 Å². The predicted octanol–water partition coefficient (Wildman–Crippen LogP) is 1.79. The first-order valence-corrected chi connectivity index (χ1v) is 5.12. The third-order valence-electron chi connectivity index (χ3n) is 2.74. The molecule has 1 fully saturated rings. The fourth-order valence-corrected chi connectivity index (χ4v) is 1.88. The Morgan fingerprint density at radius 1 is 1.69 bits per heavy atom. The normalized spacial score (nSPS) is 19.2. The molecule has 0 atom stereocenters. The van der Waals surface area contributed by atoms with Gasteiger partial charge in [0, 0.05) is 32.4 Å². The van der Waals surface area contributed by atoms with Gasteiger partial charge in [-0.1, -0.05) is 0 Å². The van der Waals surface area contributed by atoms with Crippen molar-refractivity contribution in [1.29, 1.82) is 0 Å².